The van der Waals surface area contributed by atoms with E-state index in [-0.39, 0.29) is 18.2 Å². The van der Waals surface area contributed by atoms with Crippen LogP contribution in [0.5, 0.6) is 0 Å². The summed E-state index contributed by atoms with van der Waals surface area (Å²) in [6.45, 7) is 13.7. The number of alkyl carbamates (subject to hydrolysis) is 2. The third kappa shape index (κ3) is 25.5. The first kappa shape index (κ1) is 34.0. The third-order valence-corrected chi connectivity index (χ3v) is 2.22. The lowest BCUT2D eigenvalue weighted by Crippen LogP contribution is -2.44. The normalized spacial score (nSPS) is 12.7. The van der Waals surface area contributed by atoms with Gasteiger partial charge in [-0.1, -0.05) is 5.16 Å². The van der Waals surface area contributed by atoms with Crippen LogP contribution in [0, 0.1) is 11.3 Å². The van der Waals surface area contributed by atoms with Crippen molar-refractivity contribution >= 4 is 30.4 Å². The molecule has 12 nitrogen and oxygen atoms in total. The predicted octanol–water partition coefficient (Wildman–Crippen LogP) is 1.83. The van der Waals surface area contributed by atoms with Crippen molar-refractivity contribution < 1.29 is 29.5 Å². The van der Waals surface area contributed by atoms with Crippen molar-refractivity contribution in [3.63, 3.8) is 0 Å². The van der Waals surface area contributed by atoms with Crippen molar-refractivity contribution in [1.82, 2.24) is 10.6 Å². The van der Waals surface area contributed by atoms with Crippen LogP contribution in [0.25, 0.3) is 0 Å². The first-order valence-electron chi connectivity index (χ1n) is 8.23. The van der Waals surface area contributed by atoms with Crippen LogP contribution in [0.4, 0.5) is 9.59 Å². The standard InChI is InChI=1S/C8H17N3O3.C8H14N2O2.ClH.H3NO/c1-5(6(9)11-13)10-7(12)14-8(2,3)4;1-6(5-9)10-7(11)12-8(2,3)4;;1-2/h5,13H,1-4H3,(H2,9,11)(H,10,12);6H,1-4H3,(H,10,11);1H;2H,1H2/t5-;6-;;/m00../s1. The maximum absolute atomic E-state index is 11.2. The maximum atomic E-state index is 11.2. The minimum Gasteiger partial charge on any atom is -0.444 e. The van der Waals surface area contributed by atoms with Crippen LogP contribution in [0.2, 0.25) is 0 Å². The van der Waals surface area contributed by atoms with Crippen LogP contribution < -0.4 is 22.3 Å². The Bertz CT molecular complexity index is 539. The molecular formula is C16H35ClN6O6. The van der Waals surface area contributed by atoms with Gasteiger partial charge in [0.05, 0.1) is 12.1 Å². The topological polar surface area (TPSA) is 205 Å². The third-order valence-electron chi connectivity index (χ3n) is 2.22. The smallest absolute Gasteiger partial charge is 0.408 e. The minimum absolute atomic E-state index is 0. The molecule has 0 rings (SSSR count). The van der Waals surface area contributed by atoms with E-state index in [1.165, 1.54) is 0 Å². The van der Waals surface area contributed by atoms with E-state index in [4.69, 9.17) is 30.9 Å². The van der Waals surface area contributed by atoms with Crippen molar-refractivity contribution in [2.45, 2.75) is 78.7 Å². The number of rotatable bonds is 3. The van der Waals surface area contributed by atoms with Gasteiger partial charge in [-0.15, -0.1) is 12.4 Å². The Kier molecular flexibility index (Phi) is 19.3. The lowest BCUT2D eigenvalue weighted by molar-refractivity contribution is 0.0508. The quantitative estimate of drug-likeness (QED) is 0.163. The van der Waals surface area contributed by atoms with Gasteiger partial charge in [0.25, 0.3) is 0 Å². The molecule has 0 saturated carbocycles. The van der Waals surface area contributed by atoms with Crippen LogP contribution in [0.3, 0.4) is 0 Å². The van der Waals surface area contributed by atoms with Gasteiger partial charge in [0.15, 0.2) is 5.84 Å². The van der Waals surface area contributed by atoms with Crippen molar-refractivity contribution in [1.29, 1.82) is 5.26 Å². The Labute approximate surface area is 177 Å². The fraction of sp³-hybridized carbons (Fsp3) is 0.750. The first-order chi connectivity index (χ1) is 12.6. The van der Waals surface area contributed by atoms with E-state index in [2.05, 4.69) is 21.7 Å². The number of ether oxygens (including phenoxy) is 2. The van der Waals surface area contributed by atoms with Gasteiger partial charge in [0.2, 0.25) is 0 Å². The van der Waals surface area contributed by atoms with Crippen LogP contribution in [-0.4, -0.2) is 51.7 Å². The van der Waals surface area contributed by atoms with E-state index in [1.54, 1.807) is 55.4 Å². The van der Waals surface area contributed by atoms with Crippen molar-refractivity contribution in [2.75, 3.05) is 0 Å². The zero-order valence-corrected chi connectivity index (χ0v) is 19.0. The Morgan fingerprint density at radius 2 is 1.34 bits per heavy atom. The zero-order valence-electron chi connectivity index (χ0n) is 18.1. The molecule has 0 heterocycles. The number of oxime groups is 1. The molecule has 29 heavy (non-hydrogen) atoms. The summed E-state index contributed by atoms with van der Waals surface area (Å²) in [5.74, 6) is 3.43. The number of amidine groups is 1. The number of nitrogens with zero attached hydrogens (tertiary/aromatic N) is 2. The highest BCUT2D eigenvalue weighted by atomic mass is 35.5. The number of amides is 2. The fourth-order valence-corrected chi connectivity index (χ4v) is 1.16. The minimum atomic E-state index is -0.600. The fourth-order valence-electron chi connectivity index (χ4n) is 1.16. The molecule has 0 bridgehead atoms. The summed E-state index contributed by atoms with van der Waals surface area (Å²) in [5, 5.41) is 30.7. The molecule has 0 aromatic rings. The first-order valence-corrected chi connectivity index (χ1v) is 8.23. The monoisotopic (exact) mass is 442 g/mol. The number of carbonyl (C=O) groups is 2. The van der Waals surface area contributed by atoms with E-state index in [9.17, 15) is 9.59 Å². The van der Waals surface area contributed by atoms with Crippen molar-refractivity contribution in [2.24, 2.45) is 16.8 Å². The lowest BCUT2D eigenvalue weighted by Gasteiger charge is -2.21. The number of hydrogen-bond donors (Lipinski definition) is 6. The molecule has 0 aliphatic carbocycles. The second kappa shape index (κ2) is 16.5. The molecule has 8 N–H and O–H groups in total. The molecule has 0 saturated heterocycles. The van der Waals surface area contributed by atoms with E-state index in [0.717, 1.165) is 0 Å². The highest BCUT2D eigenvalue weighted by Crippen LogP contribution is 2.07. The molecule has 0 unspecified atom stereocenters. The highest BCUT2D eigenvalue weighted by molar-refractivity contribution is 5.88. The molecule has 0 fully saturated rings. The second-order valence-electron chi connectivity index (χ2n) is 7.39. The average molecular weight is 443 g/mol. The molecule has 0 aliphatic rings. The van der Waals surface area contributed by atoms with Gasteiger partial charge in [-0.2, -0.15) is 5.26 Å². The molecule has 0 aliphatic heterocycles. The second-order valence-corrected chi connectivity index (χ2v) is 7.39. The number of halogens is 1. The van der Waals surface area contributed by atoms with E-state index in [1.807, 2.05) is 6.07 Å². The SMILES string of the molecule is C[C@@H](C#N)NC(=O)OC(C)(C)C.C[C@H](NC(=O)OC(C)(C)C)/C(N)=N/O.Cl.NO. The average Bonchev–Trinajstić information content (AvgIpc) is 2.52. The molecule has 2 amide bonds. The van der Waals surface area contributed by atoms with E-state index < -0.39 is 35.5 Å². The summed E-state index contributed by atoms with van der Waals surface area (Å²) < 4.78 is 9.87. The van der Waals surface area contributed by atoms with Gasteiger partial charge in [0, 0.05) is 0 Å². The number of hydrogen-bond acceptors (Lipinski definition) is 9. The number of nitrogens with two attached hydrogens (primary N) is 2. The van der Waals surface area contributed by atoms with Crippen molar-refractivity contribution in [3.05, 3.63) is 0 Å². The molecule has 0 radical (unpaired) electrons. The van der Waals surface area contributed by atoms with Gasteiger partial charge < -0.3 is 36.3 Å². The van der Waals surface area contributed by atoms with Gasteiger partial charge in [0.1, 0.15) is 17.2 Å². The predicted molar refractivity (Wildman–Crippen MR) is 110 cm³/mol. The zero-order chi connectivity index (χ0) is 23.1. The van der Waals surface area contributed by atoms with Crippen LogP contribution in [0.1, 0.15) is 55.4 Å². The summed E-state index contributed by atoms with van der Waals surface area (Å²) >= 11 is 0. The van der Waals surface area contributed by atoms with E-state index >= 15 is 0 Å². The molecule has 0 aromatic carbocycles. The van der Waals surface area contributed by atoms with Gasteiger partial charge in [-0.05, 0) is 55.4 Å². The summed E-state index contributed by atoms with van der Waals surface area (Å²) in [7, 11) is 0. The Morgan fingerprint density at radius 1 is 1.00 bits per heavy atom. The van der Waals surface area contributed by atoms with E-state index in [0.29, 0.717) is 0 Å². The molecular weight excluding hydrogens is 408 g/mol. The summed E-state index contributed by atoms with van der Waals surface area (Å²) in [6.07, 6.45) is -1.16. The highest BCUT2D eigenvalue weighted by Gasteiger charge is 2.19. The Balaban J connectivity index is -0.000000194. The lowest BCUT2D eigenvalue weighted by atomic mass is 10.2. The number of carbonyl (C=O) groups excluding carboxylic acids is 2. The summed E-state index contributed by atoms with van der Waals surface area (Å²) in [5.41, 5.74) is 4.18. The number of nitrogens with one attached hydrogen (secondary N) is 2. The molecule has 172 valence electrons. The summed E-state index contributed by atoms with van der Waals surface area (Å²) in [6, 6.07) is 0.795. The van der Waals surface area contributed by atoms with Crippen LogP contribution >= 0.6 is 12.4 Å². The molecule has 13 heteroatoms. The van der Waals surface area contributed by atoms with Crippen molar-refractivity contribution in [3.8, 4) is 6.07 Å². The summed E-state index contributed by atoms with van der Waals surface area (Å²) in [4.78, 5) is 22.1. The van der Waals surface area contributed by atoms with Crippen LogP contribution in [-0.2, 0) is 9.47 Å². The maximum Gasteiger partial charge on any atom is 0.408 e. The Morgan fingerprint density at radius 3 is 1.62 bits per heavy atom. The van der Waals surface area contributed by atoms with Gasteiger partial charge in [-0.25, -0.2) is 15.5 Å². The van der Waals surface area contributed by atoms with Gasteiger partial charge >= 0.3 is 12.2 Å². The molecule has 0 aromatic heterocycles. The van der Waals surface area contributed by atoms with Gasteiger partial charge in [-0.3, -0.25) is 0 Å². The molecule has 2 atom stereocenters. The Hall–Kier alpha value is -2.49. The largest absolute Gasteiger partial charge is 0.444 e. The van der Waals surface area contributed by atoms with Crippen LogP contribution in [0.15, 0.2) is 5.16 Å². The molecule has 0 spiro atoms. The number of nitriles is 1.